The van der Waals surface area contributed by atoms with Crippen LogP contribution in [0.15, 0.2) is 16.6 Å². The van der Waals surface area contributed by atoms with Gasteiger partial charge in [-0.3, -0.25) is 10.1 Å². The van der Waals surface area contributed by atoms with Crippen molar-refractivity contribution in [2.24, 2.45) is 0 Å². The highest BCUT2D eigenvalue weighted by Crippen LogP contribution is 2.37. The van der Waals surface area contributed by atoms with Gasteiger partial charge in [0.15, 0.2) is 5.75 Å². The summed E-state index contributed by atoms with van der Waals surface area (Å²) in [5.41, 5.74) is -0.991. The second-order valence-corrected chi connectivity index (χ2v) is 5.77. The smallest absolute Gasteiger partial charge is 0.312 e. The molecule has 1 fully saturated rings. The second kappa shape index (κ2) is 5.95. The normalized spacial score (nSPS) is 24.6. The predicted octanol–water partition coefficient (Wildman–Crippen LogP) is 2.91. The summed E-state index contributed by atoms with van der Waals surface area (Å²) in [4.78, 5) is 10.4. The molecule has 0 spiro atoms. The van der Waals surface area contributed by atoms with Crippen molar-refractivity contribution in [1.29, 1.82) is 5.26 Å². The van der Waals surface area contributed by atoms with Crippen LogP contribution < -0.4 is 10.1 Å². The summed E-state index contributed by atoms with van der Waals surface area (Å²) < 4.78 is 19.1. The third-order valence-corrected chi connectivity index (χ3v) is 4.26. The number of nitrogens with zero attached hydrogens (tertiary/aromatic N) is 2. The van der Waals surface area contributed by atoms with E-state index in [1.807, 2.05) is 0 Å². The average Bonchev–Trinajstić information content (AvgIpc) is 2.86. The number of ether oxygens (including phenoxy) is 1. The van der Waals surface area contributed by atoms with Gasteiger partial charge < -0.3 is 10.1 Å². The minimum Gasteiger partial charge on any atom is -0.483 e. The first-order valence-corrected chi connectivity index (χ1v) is 7.10. The summed E-state index contributed by atoms with van der Waals surface area (Å²) in [7, 11) is 1.69. The van der Waals surface area contributed by atoms with Crippen LogP contribution in [0.4, 0.5) is 10.1 Å². The molecule has 112 valence electrons. The quantitative estimate of drug-likeness (QED) is 0.661. The molecule has 1 aliphatic rings. The number of hydrogen-bond acceptors (Lipinski definition) is 5. The van der Waals surface area contributed by atoms with Crippen LogP contribution in [0.25, 0.3) is 0 Å². The van der Waals surface area contributed by atoms with E-state index in [1.165, 1.54) is 0 Å². The Kier molecular flexibility index (Phi) is 4.44. The van der Waals surface area contributed by atoms with E-state index < -0.39 is 16.3 Å². The minimum atomic E-state index is -0.687. The molecule has 1 aromatic rings. The van der Waals surface area contributed by atoms with E-state index in [2.05, 4.69) is 27.3 Å². The summed E-state index contributed by atoms with van der Waals surface area (Å²) in [6.45, 7) is 0. The Labute approximate surface area is 129 Å². The molecule has 8 heteroatoms. The van der Waals surface area contributed by atoms with Gasteiger partial charge in [-0.05, 0) is 35.8 Å². The molecular weight excluding hydrogens is 345 g/mol. The number of benzene rings is 1. The lowest BCUT2D eigenvalue weighted by atomic mass is 10.0. The Morgan fingerprint density at radius 2 is 2.38 bits per heavy atom. The first-order valence-electron chi connectivity index (χ1n) is 6.31. The largest absolute Gasteiger partial charge is 0.483 e. The van der Waals surface area contributed by atoms with Crippen molar-refractivity contribution < 1.29 is 14.1 Å². The lowest BCUT2D eigenvalue weighted by molar-refractivity contribution is -0.386. The van der Waals surface area contributed by atoms with Crippen LogP contribution in [-0.2, 0) is 0 Å². The number of halogens is 2. The summed E-state index contributed by atoms with van der Waals surface area (Å²) in [6.07, 6.45) is 1.19. The zero-order valence-electron chi connectivity index (χ0n) is 11.2. The van der Waals surface area contributed by atoms with Gasteiger partial charge in [0.1, 0.15) is 17.5 Å². The van der Waals surface area contributed by atoms with Gasteiger partial charge in [-0.1, -0.05) is 0 Å². The monoisotopic (exact) mass is 357 g/mol. The standard InChI is InChI=1S/C13H13BrFN3O3/c1-17-13(7-16)3-2-8(6-13)21-12-5-10(15)9(14)4-11(12)18(19)20/h4-5,8,17H,2-3,6H2,1H3. The van der Waals surface area contributed by atoms with Gasteiger partial charge >= 0.3 is 5.69 Å². The van der Waals surface area contributed by atoms with E-state index in [0.717, 1.165) is 12.1 Å². The van der Waals surface area contributed by atoms with Crippen molar-refractivity contribution in [3.05, 3.63) is 32.5 Å². The van der Waals surface area contributed by atoms with Crippen LogP contribution in [0.3, 0.4) is 0 Å². The fourth-order valence-electron chi connectivity index (χ4n) is 2.42. The molecule has 1 aliphatic carbocycles. The van der Waals surface area contributed by atoms with E-state index in [4.69, 9.17) is 4.74 Å². The SMILES string of the molecule is CNC1(C#N)CCC(Oc2cc(F)c(Br)cc2[N+](=O)[O-])C1. The van der Waals surface area contributed by atoms with Crippen molar-refractivity contribution >= 4 is 21.6 Å². The predicted molar refractivity (Wildman–Crippen MR) is 76.4 cm³/mol. The van der Waals surface area contributed by atoms with Crippen molar-refractivity contribution in [3.8, 4) is 11.8 Å². The Morgan fingerprint density at radius 3 is 2.90 bits per heavy atom. The van der Waals surface area contributed by atoms with E-state index in [1.54, 1.807) is 7.05 Å². The molecule has 0 radical (unpaired) electrons. The van der Waals surface area contributed by atoms with E-state index in [9.17, 15) is 19.8 Å². The van der Waals surface area contributed by atoms with E-state index >= 15 is 0 Å². The molecule has 0 amide bonds. The Morgan fingerprint density at radius 1 is 1.67 bits per heavy atom. The van der Waals surface area contributed by atoms with Crippen molar-refractivity contribution in [3.63, 3.8) is 0 Å². The van der Waals surface area contributed by atoms with E-state index in [0.29, 0.717) is 19.3 Å². The molecule has 0 saturated heterocycles. The van der Waals surface area contributed by atoms with Gasteiger partial charge in [-0.25, -0.2) is 4.39 Å². The second-order valence-electron chi connectivity index (χ2n) is 4.92. The maximum atomic E-state index is 13.6. The van der Waals surface area contributed by atoms with Gasteiger partial charge in [0.2, 0.25) is 0 Å². The molecular formula is C13H13BrFN3O3. The lowest BCUT2D eigenvalue weighted by Crippen LogP contribution is -2.39. The molecule has 0 aliphatic heterocycles. The number of nitrogens with one attached hydrogen (secondary N) is 1. The molecule has 6 nitrogen and oxygen atoms in total. The number of hydrogen-bond donors (Lipinski definition) is 1. The third-order valence-electron chi connectivity index (χ3n) is 3.65. The zero-order chi connectivity index (χ0) is 15.6. The van der Waals surface area contributed by atoms with Crippen LogP contribution in [-0.4, -0.2) is 23.6 Å². The zero-order valence-corrected chi connectivity index (χ0v) is 12.8. The van der Waals surface area contributed by atoms with Crippen LogP contribution in [0.2, 0.25) is 0 Å². The van der Waals surface area contributed by atoms with Gasteiger partial charge in [-0.2, -0.15) is 5.26 Å². The van der Waals surface area contributed by atoms with Crippen LogP contribution >= 0.6 is 15.9 Å². The molecule has 0 heterocycles. The molecule has 1 N–H and O–H groups in total. The lowest BCUT2D eigenvalue weighted by Gasteiger charge is -2.20. The number of nitro benzene ring substituents is 1. The van der Waals surface area contributed by atoms with Gasteiger partial charge in [0.25, 0.3) is 0 Å². The van der Waals surface area contributed by atoms with E-state index in [-0.39, 0.29) is 22.0 Å². The van der Waals surface area contributed by atoms with Crippen molar-refractivity contribution in [2.45, 2.75) is 30.9 Å². The number of rotatable bonds is 4. The highest BCUT2D eigenvalue weighted by atomic mass is 79.9. The van der Waals surface area contributed by atoms with Crippen molar-refractivity contribution in [2.75, 3.05) is 7.05 Å². The first kappa shape index (κ1) is 15.7. The van der Waals surface area contributed by atoms with Crippen molar-refractivity contribution in [1.82, 2.24) is 5.32 Å². The molecule has 2 unspecified atom stereocenters. The van der Waals surface area contributed by atoms with Crippen LogP contribution in [0.5, 0.6) is 5.75 Å². The first-order chi connectivity index (χ1) is 9.90. The Bertz CT molecular complexity index is 619. The van der Waals surface area contributed by atoms with Gasteiger partial charge in [0.05, 0.1) is 15.5 Å². The molecule has 1 aromatic carbocycles. The summed E-state index contributed by atoms with van der Waals surface area (Å²) >= 11 is 2.91. The van der Waals surface area contributed by atoms with Gasteiger partial charge in [-0.15, -0.1) is 0 Å². The minimum absolute atomic E-state index is 0.00886. The third kappa shape index (κ3) is 3.14. The Hall–Kier alpha value is -1.72. The number of nitriles is 1. The summed E-state index contributed by atoms with van der Waals surface area (Å²) in [5.74, 6) is -0.746. The van der Waals surface area contributed by atoms with Gasteiger partial charge in [0, 0.05) is 18.6 Å². The topological polar surface area (TPSA) is 88.2 Å². The Balaban J connectivity index is 2.23. The molecule has 21 heavy (non-hydrogen) atoms. The molecule has 2 rings (SSSR count). The highest BCUT2D eigenvalue weighted by molar-refractivity contribution is 9.10. The fourth-order valence-corrected chi connectivity index (χ4v) is 2.75. The summed E-state index contributed by atoms with van der Waals surface area (Å²) in [5, 5.41) is 23.1. The maximum absolute atomic E-state index is 13.6. The highest BCUT2D eigenvalue weighted by Gasteiger charge is 2.40. The fraction of sp³-hybridized carbons (Fsp3) is 0.462. The summed E-state index contributed by atoms with van der Waals surface area (Å²) in [6, 6.07) is 4.27. The van der Waals surface area contributed by atoms with Crippen LogP contribution in [0.1, 0.15) is 19.3 Å². The molecule has 2 atom stereocenters. The molecule has 0 aromatic heterocycles. The average molecular weight is 358 g/mol. The molecule has 1 saturated carbocycles. The van der Waals surface area contributed by atoms with Crippen LogP contribution in [0, 0.1) is 27.3 Å². The maximum Gasteiger partial charge on any atom is 0.312 e. The number of nitro groups is 1. The molecule has 0 bridgehead atoms.